The molecule has 3 saturated carbocycles. The van der Waals surface area contributed by atoms with Gasteiger partial charge in [-0.05, 0) is 44.4 Å². The van der Waals surface area contributed by atoms with Crippen LogP contribution in [0.3, 0.4) is 0 Å². The number of nitrogens with two attached hydrogens (primary N) is 1. The summed E-state index contributed by atoms with van der Waals surface area (Å²) in [4.78, 5) is 6.92. The Balaban J connectivity index is 1.62. The normalized spacial score (nSPS) is 27.9. The van der Waals surface area contributed by atoms with Gasteiger partial charge in [-0.3, -0.25) is 0 Å². The third kappa shape index (κ3) is 2.02. The van der Waals surface area contributed by atoms with Crippen molar-refractivity contribution in [2.24, 2.45) is 16.6 Å². The molecule has 0 unspecified atom stereocenters. The van der Waals surface area contributed by atoms with Gasteiger partial charge in [-0.15, -0.1) is 0 Å². The second kappa shape index (κ2) is 3.14. The minimum Gasteiger partial charge on any atom is -0.370 e. The second-order valence-corrected chi connectivity index (χ2v) is 5.05. The van der Waals surface area contributed by atoms with E-state index in [4.69, 9.17) is 5.73 Å². The lowest BCUT2D eigenvalue weighted by Crippen LogP contribution is -2.40. The first-order chi connectivity index (χ1) is 6.83. The highest BCUT2D eigenvalue weighted by Crippen LogP contribution is 2.35. The Kier molecular flexibility index (Phi) is 1.92. The Morgan fingerprint density at radius 3 is 2.36 bits per heavy atom. The van der Waals surface area contributed by atoms with Gasteiger partial charge in [-0.25, -0.2) is 4.99 Å². The maximum absolute atomic E-state index is 6.05. The SMILES string of the molecule is NC(=NC1CC1)N(CC1CC1)C1CC1. The zero-order valence-electron chi connectivity index (χ0n) is 8.65. The lowest BCUT2D eigenvalue weighted by atomic mass is 10.3. The molecule has 3 fully saturated rings. The van der Waals surface area contributed by atoms with E-state index in [1.807, 2.05) is 0 Å². The molecule has 3 heteroatoms. The topological polar surface area (TPSA) is 41.6 Å². The van der Waals surface area contributed by atoms with Crippen molar-refractivity contribution >= 4 is 5.96 Å². The first kappa shape index (κ1) is 8.57. The molecule has 0 aromatic heterocycles. The first-order valence-corrected chi connectivity index (χ1v) is 5.93. The molecule has 3 nitrogen and oxygen atoms in total. The Morgan fingerprint density at radius 2 is 1.86 bits per heavy atom. The van der Waals surface area contributed by atoms with Crippen LogP contribution < -0.4 is 5.73 Å². The van der Waals surface area contributed by atoms with E-state index in [1.165, 1.54) is 45.1 Å². The van der Waals surface area contributed by atoms with E-state index < -0.39 is 0 Å². The van der Waals surface area contributed by atoms with Crippen LogP contribution in [0.4, 0.5) is 0 Å². The van der Waals surface area contributed by atoms with Gasteiger partial charge in [-0.2, -0.15) is 0 Å². The van der Waals surface area contributed by atoms with Crippen molar-refractivity contribution in [2.75, 3.05) is 6.54 Å². The summed E-state index contributed by atoms with van der Waals surface area (Å²) in [5, 5.41) is 0. The zero-order valence-corrected chi connectivity index (χ0v) is 8.65. The van der Waals surface area contributed by atoms with Crippen molar-refractivity contribution in [3.8, 4) is 0 Å². The minimum atomic E-state index is 0.565. The lowest BCUT2D eigenvalue weighted by Gasteiger charge is -2.23. The summed E-state index contributed by atoms with van der Waals surface area (Å²) in [5.41, 5.74) is 6.05. The smallest absolute Gasteiger partial charge is 0.191 e. The molecular formula is C11H19N3. The molecule has 0 aromatic rings. The maximum atomic E-state index is 6.05. The highest BCUT2D eigenvalue weighted by Gasteiger charge is 2.35. The van der Waals surface area contributed by atoms with Gasteiger partial charge < -0.3 is 10.6 Å². The Morgan fingerprint density at radius 1 is 1.14 bits per heavy atom. The molecule has 0 spiro atoms. The predicted octanol–water partition coefficient (Wildman–Crippen LogP) is 1.34. The van der Waals surface area contributed by atoms with Crippen LogP contribution in [-0.2, 0) is 0 Å². The summed E-state index contributed by atoms with van der Waals surface area (Å²) >= 11 is 0. The Hall–Kier alpha value is -0.730. The summed E-state index contributed by atoms with van der Waals surface area (Å²) in [6.45, 7) is 1.17. The minimum absolute atomic E-state index is 0.565. The van der Waals surface area contributed by atoms with E-state index in [2.05, 4.69) is 9.89 Å². The van der Waals surface area contributed by atoms with Crippen LogP contribution in [-0.4, -0.2) is 29.5 Å². The van der Waals surface area contributed by atoms with Crippen LogP contribution in [0.2, 0.25) is 0 Å². The number of nitrogens with zero attached hydrogens (tertiary/aromatic N) is 2. The van der Waals surface area contributed by atoms with Gasteiger partial charge >= 0.3 is 0 Å². The fourth-order valence-corrected chi connectivity index (χ4v) is 1.86. The highest BCUT2D eigenvalue weighted by atomic mass is 15.3. The van der Waals surface area contributed by atoms with Crippen LogP contribution in [0.25, 0.3) is 0 Å². The van der Waals surface area contributed by atoms with Gasteiger partial charge in [0.05, 0.1) is 6.04 Å². The van der Waals surface area contributed by atoms with Crippen LogP contribution >= 0.6 is 0 Å². The van der Waals surface area contributed by atoms with E-state index in [0.717, 1.165) is 17.9 Å². The van der Waals surface area contributed by atoms with Crippen molar-refractivity contribution in [2.45, 2.75) is 50.6 Å². The van der Waals surface area contributed by atoms with Crippen molar-refractivity contribution in [1.82, 2.24) is 4.90 Å². The third-order valence-electron chi connectivity index (χ3n) is 3.30. The average molecular weight is 193 g/mol. The fourth-order valence-electron chi connectivity index (χ4n) is 1.86. The lowest BCUT2D eigenvalue weighted by molar-refractivity contribution is 0.385. The number of rotatable bonds is 4. The van der Waals surface area contributed by atoms with Crippen molar-refractivity contribution in [1.29, 1.82) is 0 Å². The number of guanidine groups is 1. The van der Waals surface area contributed by atoms with Crippen molar-refractivity contribution in [3.05, 3.63) is 0 Å². The standard InChI is InChI=1S/C11H19N3/c12-11(13-9-3-4-9)14(10-5-6-10)7-8-1-2-8/h8-10H,1-7H2,(H2,12,13). The van der Waals surface area contributed by atoms with E-state index in [9.17, 15) is 0 Å². The quantitative estimate of drug-likeness (QED) is 0.540. The fraction of sp³-hybridized carbons (Fsp3) is 0.909. The highest BCUT2D eigenvalue weighted by molar-refractivity contribution is 5.79. The molecule has 78 valence electrons. The molecule has 3 aliphatic rings. The summed E-state index contributed by atoms with van der Waals surface area (Å²) < 4.78 is 0. The van der Waals surface area contributed by atoms with Gasteiger partial charge in [0.2, 0.25) is 0 Å². The molecule has 3 rings (SSSR count). The number of aliphatic imine (C=N–C) groups is 1. The Labute approximate surface area is 85.4 Å². The average Bonchev–Trinajstić information content (AvgIpc) is 2.93. The number of hydrogen-bond acceptors (Lipinski definition) is 1. The summed E-state index contributed by atoms with van der Waals surface area (Å²) in [6, 6.07) is 1.30. The largest absolute Gasteiger partial charge is 0.370 e. The van der Waals surface area contributed by atoms with Crippen molar-refractivity contribution in [3.63, 3.8) is 0 Å². The molecule has 0 radical (unpaired) electrons. The maximum Gasteiger partial charge on any atom is 0.191 e. The molecule has 0 bridgehead atoms. The van der Waals surface area contributed by atoms with Crippen LogP contribution in [0.5, 0.6) is 0 Å². The van der Waals surface area contributed by atoms with Gasteiger partial charge in [0.1, 0.15) is 0 Å². The van der Waals surface area contributed by atoms with Gasteiger partial charge in [0, 0.05) is 12.6 Å². The van der Waals surface area contributed by atoms with Gasteiger partial charge in [0.15, 0.2) is 5.96 Å². The van der Waals surface area contributed by atoms with Crippen LogP contribution in [0, 0.1) is 5.92 Å². The van der Waals surface area contributed by atoms with E-state index >= 15 is 0 Å². The molecule has 0 heterocycles. The van der Waals surface area contributed by atoms with E-state index in [0.29, 0.717) is 6.04 Å². The third-order valence-corrected chi connectivity index (χ3v) is 3.30. The van der Waals surface area contributed by atoms with Gasteiger partial charge in [-0.1, -0.05) is 0 Å². The van der Waals surface area contributed by atoms with Crippen molar-refractivity contribution < 1.29 is 0 Å². The summed E-state index contributed by atoms with van der Waals surface area (Å²) in [7, 11) is 0. The summed E-state index contributed by atoms with van der Waals surface area (Å²) in [5.74, 6) is 1.76. The van der Waals surface area contributed by atoms with Crippen LogP contribution in [0.15, 0.2) is 4.99 Å². The number of hydrogen-bond donors (Lipinski definition) is 1. The molecule has 0 aliphatic heterocycles. The molecular weight excluding hydrogens is 174 g/mol. The predicted molar refractivity (Wildman–Crippen MR) is 57.1 cm³/mol. The molecule has 14 heavy (non-hydrogen) atoms. The van der Waals surface area contributed by atoms with E-state index in [-0.39, 0.29) is 0 Å². The zero-order chi connectivity index (χ0) is 9.54. The van der Waals surface area contributed by atoms with E-state index in [1.54, 1.807) is 0 Å². The molecule has 0 aromatic carbocycles. The molecule has 0 amide bonds. The first-order valence-electron chi connectivity index (χ1n) is 5.93. The van der Waals surface area contributed by atoms with Gasteiger partial charge in [0.25, 0.3) is 0 Å². The molecule has 2 N–H and O–H groups in total. The molecule has 0 saturated heterocycles. The monoisotopic (exact) mass is 193 g/mol. The second-order valence-electron chi connectivity index (χ2n) is 5.05. The molecule has 0 atom stereocenters. The van der Waals surface area contributed by atoms with Crippen LogP contribution in [0.1, 0.15) is 38.5 Å². The Bertz CT molecular complexity index is 249. The summed E-state index contributed by atoms with van der Waals surface area (Å²) in [6.07, 6.45) is 7.96. The molecule has 3 aliphatic carbocycles.